The van der Waals surface area contributed by atoms with Crippen molar-refractivity contribution in [1.29, 1.82) is 0 Å². The lowest BCUT2D eigenvalue weighted by atomic mass is 10.1. The van der Waals surface area contributed by atoms with Crippen molar-refractivity contribution in [3.63, 3.8) is 0 Å². The van der Waals surface area contributed by atoms with Gasteiger partial charge in [0.1, 0.15) is 0 Å². The molecule has 94 valence electrons. The van der Waals surface area contributed by atoms with E-state index in [-0.39, 0.29) is 21.6 Å². The number of alkyl halides is 1. The second kappa shape index (κ2) is 5.53. The fourth-order valence-corrected chi connectivity index (χ4v) is 2.78. The van der Waals surface area contributed by atoms with E-state index in [4.69, 9.17) is 51.5 Å². The predicted octanol–water partition coefficient (Wildman–Crippen LogP) is 4.81. The Morgan fingerprint density at radius 2 is 1.76 bits per heavy atom. The summed E-state index contributed by atoms with van der Waals surface area (Å²) in [7, 11) is 1.36. The zero-order valence-corrected chi connectivity index (χ0v) is 12.0. The number of hydrogen-bond acceptors (Lipinski definition) is 1. The lowest BCUT2D eigenvalue weighted by molar-refractivity contribution is 0.203. The number of rotatable bonds is 2. The van der Waals surface area contributed by atoms with Gasteiger partial charge in [-0.15, -0.1) is 11.6 Å². The van der Waals surface area contributed by atoms with Crippen molar-refractivity contribution in [3.8, 4) is 0 Å². The Morgan fingerprint density at radius 1 is 1.24 bits per heavy atom. The van der Waals surface area contributed by atoms with Crippen LogP contribution in [0.15, 0.2) is 0 Å². The zero-order chi connectivity index (χ0) is 13.3. The van der Waals surface area contributed by atoms with Gasteiger partial charge >= 0.3 is 6.09 Å². The van der Waals surface area contributed by atoms with Gasteiger partial charge in [0, 0.05) is 12.6 Å². The average molecular weight is 317 g/mol. The van der Waals surface area contributed by atoms with Crippen molar-refractivity contribution in [2.24, 2.45) is 0 Å². The molecular formula is C10H9Cl4NO2. The van der Waals surface area contributed by atoms with Crippen LogP contribution in [0.1, 0.15) is 11.1 Å². The van der Waals surface area contributed by atoms with E-state index in [2.05, 4.69) is 0 Å². The summed E-state index contributed by atoms with van der Waals surface area (Å²) in [6.07, 6.45) is -1.15. The van der Waals surface area contributed by atoms with Crippen LogP contribution in [0.4, 0.5) is 10.5 Å². The number of hydrogen-bond donors (Lipinski definition) is 1. The molecule has 0 heterocycles. The molecular weight excluding hydrogens is 308 g/mol. The molecule has 1 amide bonds. The highest BCUT2D eigenvalue weighted by Crippen LogP contribution is 2.43. The van der Waals surface area contributed by atoms with Crippen LogP contribution in [0, 0.1) is 6.92 Å². The van der Waals surface area contributed by atoms with Gasteiger partial charge in [-0.05, 0) is 12.5 Å². The molecule has 0 saturated heterocycles. The minimum Gasteiger partial charge on any atom is -0.465 e. The van der Waals surface area contributed by atoms with E-state index in [1.165, 1.54) is 7.05 Å². The van der Waals surface area contributed by atoms with E-state index in [9.17, 15) is 4.79 Å². The Labute approximate surface area is 119 Å². The first-order chi connectivity index (χ1) is 7.82. The second-order valence-electron chi connectivity index (χ2n) is 3.37. The molecule has 0 aliphatic heterocycles. The normalized spacial score (nSPS) is 10.5. The van der Waals surface area contributed by atoms with Gasteiger partial charge in [-0.2, -0.15) is 0 Å². The van der Waals surface area contributed by atoms with E-state index < -0.39 is 6.09 Å². The summed E-state index contributed by atoms with van der Waals surface area (Å²) in [5, 5.41) is 9.59. The van der Waals surface area contributed by atoms with Gasteiger partial charge in [-0.25, -0.2) is 4.79 Å². The highest BCUT2D eigenvalue weighted by atomic mass is 35.5. The quantitative estimate of drug-likeness (QED) is 0.628. The molecule has 1 aromatic carbocycles. The number of carbonyl (C=O) groups is 1. The van der Waals surface area contributed by atoms with Gasteiger partial charge in [0.05, 0.1) is 26.6 Å². The molecule has 1 N–H and O–H groups in total. The first kappa shape index (κ1) is 14.7. The number of benzene rings is 1. The summed E-state index contributed by atoms with van der Waals surface area (Å²) >= 11 is 23.8. The van der Waals surface area contributed by atoms with Crippen molar-refractivity contribution in [3.05, 3.63) is 26.2 Å². The van der Waals surface area contributed by atoms with Crippen LogP contribution in [-0.4, -0.2) is 18.2 Å². The van der Waals surface area contributed by atoms with Crippen LogP contribution in [0.2, 0.25) is 15.1 Å². The van der Waals surface area contributed by atoms with E-state index in [0.717, 1.165) is 4.90 Å². The number of halogens is 4. The summed E-state index contributed by atoms with van der Waals surface area (Å²) in [6.45, 7) is 1.66. The largest absolute Gasteiger partial charge is 0.465 e. The molecule has 0 spiro atoms. The highest BCUT2D eigenvalue weighted by Gasteiger charge is 2.23. The molecule has 0 aliphatic rings. The predicted molar refractivity (Wildman–Crippen MR) is 72.2 cm³/mol. The van der Waals surface area contributed by atoms with E-state index in [1.54, 1.807) is 6.92 Å². The fourth-order valence-electron chi connectivity index (χ4n) is 1.44. The monoisotopic (exact) mass is 315 g/mol. The van der Waals surface area contributed by atoms with Crippen molar-refractivity contribution < 1.29 is 9.90 Å². The highest BCUT2D eigenvalue weighted by molar-refractivity contribution is 6.47. The molecule has 0 radical (unpaired) electrons. The van der Waals surface area contributed by atoms with Gasteiger partial charge in [-0.3, -0.25) is 4.90 Å². The standard InChI is InChI=1S/C10H9Cl4NO2/c1-4-6(12)5(3-11)7(13)8(14)9(4)15(2)10(16)17/h3H2,1-2H3,(H,16,17). The molecule has 0 fully saturated rings. The Bertz CT molecular complexity index is 447. The van der Waals surface area contributed by atoms with Crippen LogP contribution in [0.3, 0.4) is 0 Å². The van der Waals surface area contributed by atoms with E-state index >= 15 is 0 Å². The average Bonchev–Trinajstić information content (AvgIpc) is 2.27. The van der Waals surface area contributed by atoms with Crippen LogP contribution >= 0.6 is 46.4 Å². The number of amides is 1. The van der Waals surface area contributed by atoms with Gasteiger partial charge < -0.3 is 5.11 Å². The van der Waals surface area contributed by atoms with Gasteiger partial charge in [0.15, 0.2) is 0 Å². The SMILES string of the molecule is Cc1c(Cl)c(CCl)c(Cl)c(Cl)c1N(C)C(=O)O. The van der Waals surface area contributed by atoms with Crippen LogP contribution < -0.4 is 4.90 Å². The molecule has 0 unspecified atom stereocenters. The molecule has 0 bridgehead atoms. The topological polar surface area (TPSA) is 40.5 Å². The molecule has 0 aromatic heterocycles. The molecule has 0 aliphatic carbocycles. The lowest BCUT2D eigenvalue weighted by Gasteiger charge is -2.21. The molecule has 7 heteroatoms. The molecule has 1 rings (SSSR count). The van der Waals surface area contributed by atoms with Crippen molar-refractivity contribution >= 4 is 58.2 Å². The van der Waals surface area contributed by atoms with Gasteiger partial charge in [0.2, 0.25) is 0 Å². The molecule has 0 atom stereocenters. The van der Waals surface area contributed by atoms with Crippen molar-refractivity contribution in [2.45, 2.75) is 12.8 Å². The zero-order valence-electron chi connectivity index (χ0n) is 9.02. The maximum atomic E-state index is 10.9. The number of carboxylic acid groups (broad SMARTS) is 1. The number of nitrogens with zero attached hydrogens (tertiary/aromatic N) is 1. The van der Waals surface area contributed by atoms with E-state index in [0.29, 0.717) is 16.1 Å². The van der Waals surface area contributed by atoms with Crippen LogP contribution in [0.25, 0.3) is 0 Å². The minimum absolute atomic E-state index is 0.106. The Kier molecular flexibility index (Phi) is 4.78. The summed E-state index contributed by atoms with van der Waals surface area (Å²) < 4.78 is 0. The third kappa shape index (κ3) is 2.58. The van der Waals surface area contributed by atoms with Crippen molar-refractivity contribution in [1.82, 2.24) is 0 Å². The number of anilines is 1. The van der Waals surface area contributed by atoms with E-state index in [1.807, 2.05) is 0 Å². The van der Waals surface area contributed by atoms with Crippen LogP contribution in [0.5, 0.6) is 0 Å². The Hall–Kier alpha value is -0.350. The molecule has 1 aromatic rings. The Morgan fingerprint density at radius 3 is 2.18 bits per heavy atom. The summed E-state index contributed by atoms with van der Waals surface area (Å²) in [4.78, 5) is 11.9. The first-order valence-electron chi connectivity index (χ1n) is 4.51. The molecule has 3 nitrogen and oxygen atoms in total. The van der Waals surface area contributed by atoms with Crippen LogP contribution in [-0.2, 0) is 5.88 Å². The smallest absolute Gasteiger partial charge is 0.411 e. The third-order valence-electron chi connectivity index (χ3n) is 2.37. The first-order valence-corrected chi connectivity index (χ1v) is 6.18. The summed E-state index contributed by atoms with van der Waals surface area (Å²) in [6, 6.07) is 0. The second-order valence-corrected chi connectivity index (χ2v) is 4.77. The molecule has 17 heavy (non-hydrogen) atoms. The van der Waals surface area contributed by atoms with Crippen molar-refractivity contribution in [2.75, 3.05) is 11.9 Å². The summed E-state index contributed by atoms with van der Waals surface area (Å²) in [5.41, 5.74) is 1.30. The maximum absolute atomic E-state index is 10.9. The lowest BCUT2D eigenvalue weighted by Crippen LogP contribution is -2.25. The molecule has 0 saturated carbocycles. The summed E-state index contributed by atoms with van der Waals surface area (Å²) in [5.74, 6) is 0.106. The fraction of sp³-hybridized carbons (Fsp3) is 0.300. The Balaban J connectivity index is 3.59. The van der Waals surface area contributed by atoms with Gasteiger partial charge in [0.25, 0.3) is 0 Å². The maximum Gasteiger partial charge on any atom is 0.411 e. The minimum atomic E-state index is -1.15. The van der Waals surface area contributed by atoms with Gasteiger partial charge in [-0.1, -0.05) is 34.8 Å². The third-order valence-corrected chi connectivity index (χ3v) is 4.03.